The van der Waals surface area contributed by atoms with E-state index in [0.717, 1.165) is 17.4 Å². The molecule has 13 heteroatoms. The zero-order valence-electron chi connectivity index (χ0n) is 24.8. The minimum Gasteiger partial charge on any atom is -0.494 e. The molecule has 0 spiro atoms. The van der Waals surface area contributed by atoms with Crippen LogP contribution in [0.3, 0.4) is 0 Å². The molecule has 4 rings (SSSR count). The maximum atomic E-state index is 13.7. The number of nitrogens with zero attached hydrogens (tertiary/aromatic N) is 4. The van der Waals surface area contributed by atoms with E-state index >= 15 is 0 Å². The highest BCUT2D eigenvalue weighted by Gasteiger charge is 2.30. The summed E-state index contributed by atoms with van der Waals surface area (Å²) in [6.45, 7) is 3.86. The number of nitriles is 1. The lowest BCUT2D eigenvalue weighted by atomic mass is 9.90. The molecule has 1 aliphatic rings. The lowest BCUT2D eigenvalue weighted by molar-refractivity contribution is -0.140. The van der Waals surface area contributed by atoms with Gasteiger partial charge < -0.3 is 35.1 Å². The molecule has 2 aromatic heterocycles. The maximum absolute atomic E-state index is 13.7. The molecule has 0 amide bonds. The Kier molecular flexibility index (Phi) is 10.5. The summed E-state index contributed by atoms with van der Waals surface area (Å²) in [4.78, 5) is 6.42. The molecule has 3 heterocycles. The van der Waals surface area contributed by atoms with Crippen LogP contribution in [0.25, 0.3) is 10.9 Å². The minimum absolute atomic E-state index is 0.0533. The lowest BCUT2D eigenvalue weighted by Crippen LogP contribution is -2.43. The summed E-state index contributed by atoms with van der Waals surface area (Å²) in [5.41, 5.74) is 1.40. The number of alkyl halides is 3. The number of ether oxygens (including phenoxy) is 1. The Morgan fingerprint density at radius 1 is 1.18 bits per heavy atom. The van der Waals surface area contributed by atoms with Gasteiger partial charge in [-0.3, -0.25) is 4.98 Å². The predicted octanol–water partition coefficient (Wildman–Crippen LogP) is 4.75. The third-order valence-electron chi connectivity index (χ3n) is 7.54. The number of rotatable bonds is 10. The fourth-order valence-corrected chi connectivity index (χ4v) is 5.36. The van der Waals surface area contributed by atoms with Crippen LogP contribution in [0, 0.1) is 23.2 Å². The van der Waals surface area contributed by atoms with Crippen LogP contribution in [0.1, 0.15) is 38.1 Å². The number of halogens is 4. The first-order valence-corrected chi connectivity index (χ1v) is 14.6. The van der Waals surface area contributed by atoms with Crippen molar-refractivity contribution in [2.24, 2.45) is 0 Å². The second-order valence-electron chi connectivity index (χ2n) is 11.3. The van der Waals surface area contributed by atoms with Gasteiger partial charge in [0.1, 0.15) is 12.3 Å². The fourth-order valence-electron chi connectivity index (χ4n) is 5.14. The Balaban J connectivity index is 1.56. The van der Waals surface area contributed by atoms with Crippen molar-refractivity contribution in [3.05, 3.63) is 46.9 Å². The highest BCUT2D eigenvalue weighted by molar-refractivity contribution is 6.32. The molecule has 0 bridgehead atoms. The first-order chi connectivity index (χ1) is 20.8. The molecule has 1 saturated heterocycles. The van der Waals surface area contributed by atoms with Crippen LogP contribution < -0.4 is 15.4 Å². The Hall–Kier alpha value is -3.68. The summed E-state index contributed by atoms with van der Waals surface area (Å²) in [6, 6.07) is 8.78. The zero-order valence-corrected chi connectivity index (χ0v) is 25.6. The smallest absolute Gasteiger partial charge is 0.406 e. The first-order valence-electron chi connectivity index (χ1n) is 14.2. The summed E-state index contributed by atoms with van der Waals surface area (Å²) >= 11 is 6.39. The van der Waals surface area contributed by atoms with Crippen molar-refractivity contribution < 1.29 is 28.1 Å². The Bertz CT molecular complexity index is 1570. The minimum atomic E-state index is -4.49. The molecule has 0 saturated carbocycles. The highest BCUT2D eigenvalue weighted by atomic mass is 35.5. The van der Waals surface area contributed by atoms with Crippen molar-refractivity contribution in [2.75, 3.05) is 50.5 Å². The molecular formula is C31H36ClF3N6O3. The van der Waals surface area contributed by atoms with Crippen LogP contribution in [0.2, 0.25) is 5.02 Å². The van der Waals surface area contributed by atoms with Gasteiger partial charge in [-0.15, -0.1) is 0 Å². The van der Waals surface area contributed by atoms with Crippen molar-refractivity contribution in [3.63, 3.8) is 0 Å². The second-order valence-corrected chi connectivity index (χ2v) is 11.8. The monoisotopic (exact) mass is 632 g/mol. The summed E-state index contributed by atoms with van der Waals surface area (Å²) < 4.78 is 47.6. The van der Waals surface area contributed by atoms with E-state index < -0.39 is 24.2 Å². The Morgan fingerprint density at radius 2 is 1.91 bits per heavy atom. The summed E-state index contributed by atoms with van der Waals surface area (Å²) in [6.07, 6.45) is -2.24. The van der Waals surface area contributed by atoms with E-state index in [4.69, 9.17) is 21.4 Å². The highest BCUT2D eigenvalue weighted by Crippen LogP contribution is 2.34. The zero-order chi connectivity index (χ0) is 32.1. The maximum Gasteiger partial charge on any atom is 0.406 e. The Labute approximate surface area is 259 Å². The van der Waals surface area contributed by atoms with Gasteiger partial charge in [0.15, 0.2) is 0 Å². The van der Waals surface area contributed by atoms with Gasteiger partial charge in [0.25, 0.3) is 0 Å². The average molecular weight is 633 g/mol. The van der Waals surface area contributed by atoms with Crippen molar-refractivity contribution in [3.8, 4) is 23.7 Å². The van der Waals surface area contributed by atoms with Crippen LogP contribution in [-0.2, 0) is 12.0 Å². The molecule has 236 valence electrons. The number of aromatic nitrogens is 2. The van der Waals surface area contributed by atoms with Gasteiger partial charge in [0, 0.05) is 47.8 Å². The second kappa shape index (κ2) is 14.0. The van der Waals surface area contributed by atoms with Gasteiger partial charge in [-0.25, -0.2) is 0 Å². The number of nitrogens with one attached hydrogen (secondary N) is 2. The van der Waals surface area contributed by atoms with E-state index in [0.29, 0.717) is 58.4 Å². The predicted molar refractivity (Wildman–Crippen MR) is 164 cm³/mol. The number of pyridine rings is 1. The van der Waals surface area contributed by atoms with E-state index in [1.54, 1.807) is 32.0 Å². The van der Waals surface area contributed by atoms with Crippen LogP contribution in [0.5, 0.6) is 5.75 Å². The number of methoxy groups -OCH3 is 1. The van der Waals surface area contributed by atoms with Crippen molar-refractivity contribution in [1.29, 1.82) is 5.26 Å². The molecule has 44 heavy (non-hydrogen) atoms. The van der Waals surface area contributed by atoms with Gasteiger partial charge in [0.2, 0.25) is 0 Å². The van der Waals surface area contributed by atoms with E-state index in [1.165, 1.54) is 19.4 Å². The molecule has 9 nitrogen and oxygen atoms in total. The number of likely N-dealkylation sites (tertiary alicyclic amines) is 1. The van der Waals surface area contributed by atoms with E-state index in [9.17, 15) is 23.5 Å². The average Bonchev–Trinajstić information content (AvgIpc) is 3.31. The normalized spacial score (nSPS) is 15.4. The van der Waals surface area contributed by atoms with Crippen LogP contribution in [0.4, 0.5) is 24.5 Å². The van der Waals surface area contributed by atoms with Crippen LogP contribution in [-0.4, -0.2) is 82.9 Å². The molecule has 1 atom stereocenters. The number of aliphatic hydroxyl groups excluding tert-OH is 2. The van der Waals surface area contributed by atoms with Crippen molar-refractivity contribution in [1.82, 2.24) is 14.5 Å². The third kappa shape index (κ3) is 8.27. The number of piperidine rings is 1. The number of benzene rings is 1. The van der Waals surface area contributed by atoms with E-state index in [1.807, 2.05) is 0 Å². The molecule has 3 aromatic rings. The van der Waals surface area contributed by atoms with Gasteiger partial charge in [-0.2, -0.15) is 18.4 Å². The number of hydrogen-bond donors (Lipinski definition) is 4. The lowest BCUT2D eigenvalue weighted by Gasteiger charge is -2.33. The molecule has 1 aromatic carbocycles. The standard InChI is InChI=1S/C31H36ClF3N6O3/c1-30(2,18-36)29-14-28(44-3)26(15-38-29)37-8-4-5-22-13-24-25(11-20(32)12-27(24)41(22)19-31(33,34)35)39-21-6-9-40(10-7-21)16-23(43)17-42/h11-15,21,23,37,39,42-43H,6-10,16-17,19H2,1-3H3. The van der Waals surface area contributed by atoms with Crippen molar-refractivity contribution >= 4 is 33.9 Å². The van der Waals surface area contributed by atoms with Gasteiger partial charge >= 0.3 is 6.18 Å². The SMILES string of the molecule is COc1cc(C(C)(C)C#N)ncc1NCC#Cc1cc2c(NC3CCN(CC(O)CO)CC3)cc(Cl)cc2n1CC(F)(F)F. The van der Waals surface area contributed by atoms with E-state index in [2.05, 4.69) is 38.4 Å². The summed E-state index contributed by atoms with van der Waals surface area (Å²) in [7, 11) is 1.49. The topological polar surface area (TPSA) is 119 Å². The molecule has 4 N–H and O–H groups in total. The third-order valence-corrected chi connectivity index (χ3v) is 7.76. The molecular weight excluding hydrogens is 597 g/mol. The Morgan fingerprint density at radius 3 is 2.55 bits per heavy atom. The van der Waals surface area contributed by atoms with Crippen LogP contribution >= 0.6 is 11.6 Å². The van der Waals surface area contributed by atoms with Crippen LogP contribution in [0.15, 0.2) is 30.5 Å². The number of fused-ring (bicyclic) bond motifs is 1. The van der Waals surface area contributed by atoms with Gasteiger partial charge in [-0.1, -0.05) is 17.5 Å². The number of anilines is 2. The summed E-state index contributed by atoms with van der Waals surface area (Å²) in [5.74, 6) is 6.25. The fraction of sp³-hybridized carbons (Fsp3) is 0.484. The molecule has 0 radical (unpaired) electrons. The van der Waals surface area contributed by atoms with Gasteiger partial charge in [-0.05, 0) is 50.8 Å². The number of hydrogen-bond acceptors (Lipinski definition) is 8. The van der Waals surface area contributed by atoms with Gasteiger partial charge in [0.05, 0.1) is 66.6 Å². The number of β-amino-alcohol motifs (C(OH)–C–C–N with tert-alkyl or cyclic N) is 1. The summed E-state index contributed by atoms with van der Waals surface area (Å²) in [5, 5.41) is 35.7. The first kappa shape index (κ1) is 33.2. The quantitative estimate of drug-likeness (QED) is 0.237. The molecule has 1 fully saturated rings. The van der Waals surface area contributed by atoms with Crippen molar-refractivity contribution in [2.45, 2.75) is 57.0 Å². The molecule has 1 unspecified atom stereocenters. The largest absolute Gasteiger partial charge is 0.494 e. The molecule has 0 aliphatic carbocycles. The number of aliphatic hydroxyl groups is 2. The van der Waals surface area contributed by atoms with E-state index in [-0.39, 0.29) is 24.9 Å². The molecule has 1 aliphatic heterocycles.